The van der Waals surface area contributed by atoms with Crippen LogP contribution >= 0.6 is 23.2 Å². The smallest absolute Gasteiger partial charge is 0.215 e. The van der Waals surface area contributed by atoms with E-state index in [1.807, 2.05) is 22.9 Å². The third-order valence-electron chi connectivity index (χ3n) is 6.54. The highest BCUT2D eigenvalue weighted by atomic mass is 35.5. The number of hydrogen-bond donors (Lipinski definition) is 1. The summed E-state index contributed by atoms with van der Waals surface area (Å²) in [5.41, 5.74) is 1.75. The Morgan fingerprint density at radius 2 is 2.14 bits per heavy atom. The summed E-state index contributed by atoms with van der Waals surface area (Å²) in [4.78, 5) is 8.67. The number of sulfonamides is 1. The van der Waals surface area contributed by atoms with Crippen LogP contribution in [0, 0.1) is 0 Å². The highest BCUT2D eigenvalue weighted by Crippen LogP contribution is 2.40. The minimum Gasteiger partial charge on any atom is -0.495 e. The van der Waals surface area contributed by atoms with Gasteiger partial charge in [-0.3, -0.25) is 4.99 Å². The van der Waals surface area contributed by atoms with Gasteiger partial charge >= 0.3 is 0 Å². The van der Waals surface area contributed by atoms with E-state index in [9.17, 15) is 8.42 Å². The van der Waals surface area contributed by atoms with Crippen LogP contribution in [-0.4, -0.2) is 61.3 Å². The van der Waals surface area contributed by atoms with E-state index in [1.165, 1.54) is 0 Å². The number of nitrogens with zero attached hydrogens (tertiary/aromatic N) is 3. The molecule has 1 aromatic heterocycles. The summed E-state index contributed by atoms with van der Waals surface area (Å²) in [5.74, 6) is -0.188. The highest BCUT2D eigenvalue weighted by Gasteiger charge is 2.45. The summed E-state index contributed by atoms with van der Waals surface area (Å²) in [6.45, 7) is 1.87. The summed E-state index contributed by atoms with van der Waals surface area (Å²) in [6.07, 6.45) is 10.7. The maximum Gasteiger partial charge on any atom is 0.215 e. The van der Waals surface area contributed by atoms with Gasteiger partial charge in [0.15, 0.2) is 0 Å². The number of hydrogen-bond acceptors (Lipinski definition) is 7. The number of nitrogens with one attached hydrogen (secondary N) is 1. The molecule has 1 aromatic carbocycles. The quantitative estimate of drug-likeness (QED) is 0.410. The van der Waals surface area contributed by atoms with E-state index in [-0.39, 0.29) is 11.4 Å². The maximum atomic E-state index is 11.9. The lowest BCUT2D eigenvalue weighted by Gasteiger charge is -2.30. The lowest BCUT2D eigenvalue weighted by molar-refractivity contribution is -0.190. The Hall–Kier alpha value is -1.95. The molecule has 9 nitrogen and oxygen atoms in total. The molecule has 1 saturated carbocycles. The van der Waals surface area contributed by atoms with E-state index in [1.54, 1.807) is 24.7 Å². The van der Waals surface area contributed by atoms with Crippen molar-refractivity contribution < 1.29 is 22.6 Å². The molecular weight excluding hydrogens is 539 g/mol. The third kappa shape index (κ3) is 6.74. The van der Waals surface area contributed by atoms with E-state index in [4.69, 9.17) is 37.4 Å². The molecule has 1 N–H and O–H groups in total. The molecule has 3 aliphatic rings. The molecule has 2 aliphatic carbocycles. The zero-order chi connectivity index (χ0) is 25.9. The first-order valence-corrected chi connectivity index (χ1v) is 14.7. The van der Waals surface area contributed by atoms with E-state index in [0.29, 0.717) is 54.9 Å². The van der Waals surface area contributed by atoms with Crippen molar-refractivity contribution in [3.63, 3.8) is 0 Å². The Labute approximate surface area is 226 Å². The summed E-state index contributed by atoms with van der Waals surface area (Å²) in [7, 11) is -3.15. The van der Waals surface area contributed by atoms with Gasteiger partial charge in [-0.25, -0.2) is 18.1 Å². The van der Waals surface area contributed by atoms with Gasteiger partial charge in [0, 0.05) is 48.1 Å². The van der Waals surface area contributed by atoms with Gasteiger partial charge in [-0.1, -0.05) is 29.3 Å². The number of aromatic nitrogens is 2. The molecule has 2 heterocycles. The molecule has 2 atom stereocenters. The zero-order valence-electron chi connectivity index (χ0n) is 20.3. The first kappa shape index (κ1) is 26.6. The second-order valence-corrected chi connectivity index (χ2v) is 12.3. The molecule has 1 saturated heterocycles. The first-order valence-electron chi connectivity index (χ1n) is 12.4. The van der Waals surface area contributed by atoms with Gasteiger partial charge in [-0.2, -0.15) is 0 Å². The van der Waals surface area contributed by atoms with Crippen molar-refractivity contribution in [2.75, 3.05) is 26.3 Å². The average Bonchev–Trinajstić information content (AvgIpc) is 3.49. The van der Waals surface area contributed by atoms with E-state index >= 15 is 0 Å². The summed E-state index contributed by atoms with van der Waals surface area (Å²) < 4.78 is 47.0. The van der Waals surface area contributed by atoms with Crippen LogP contribution in [-0.2, 0) is 36.6 Å². The number of aliphatic imine (C=N–C) groups is 1. The molecule has 5 rings (SSSR count). The van der Waals surface area contributed by atoms with Gasteiger partial charge in [-0.15, -0.1) is 0 Å². The Morgan fingerprint density at radius 3 is 2.84 bits per heavy atom. The first-order chi connectivity index (χ1) is 17.8. The van der Waals surface area contributed by atoms with Gasteiger partial charge in [-0.05, 0) is 37.5 Å². The zero-order valence-corrected chi connectivity index (χ0v) is 22.6. The number of halogens is 2. The Balaban J connectivity index is 1.14. The molecule has 2 unspecified atom stereocenters. The molecule has 2 fully saturated rings. The number of rotatable bonds is 11. The van der Waals surface area contributed by atoms with E-state index in [2.05, 4.69) is 14.7 Å². The largest absolute Gasteiger partial charge is 0.495 e. The third-order valence-corrected chi connectivity index (χ3v) is 9.05. The fourth-order valence-electron chi connectivity index (χ4n) is 4.45. The monoisotopic (exact) mass is 568 g/mol. The number of benzene rings is 1. The molecule has 2 aromatic rings. The summed E-state index contributed by atoms with van der Waals surface area (Å²) in [6, 6.07) is 5.27. The van der Waals surface area contributed by atoms with Crippen molar-refractivity contribution in [3.8, 4) is 0 Å². The number of imidazole rings is 1. The van der Waals surface area contributed by atoms with Crippen molar-refractivity contribution in [2.45, 2.75) is 55.8 Å². The van der Waals surface area contributed by atoms with Crippen molar-refractivity contribution in [1.82, 2.24) is 14.3 Å². The predicted molar refractivity (Wildman–Crippen MR) is 141 cm³/mol. The van der Waals surface area contributed by atoms with Gasteiger partial charge in [0.1, 0.15) is 12.7 Å². The maximum absolute atomic E-state index is 11.9. The van der Waals surface area contributed by atoms with E-state index in [0.717, 1.165) is 37.2 Å². The number of ether oxygens (including phenoxy) is 3. The Kier molecular flexibility index (Phi) is 8.23. The normalized spacial score (nSPS) is 25.4. The summed E-state index contributed by atoms with van der Waals surface area (Å²) in [5, 5.41) is 0.804. The molecule has 0 spiro atoms. The van der Waals surface area contributed by atoms with E-state index < -0.39 is 15.8 Å². The van der Waals surface area contributed by atoms with Crippen LogP contribution in [0.25, 0.3) is 0 Å². The van der Waals surface area contributed by atoms with Crippen molar-refractivity contribution in [3.05, 3.63) is 64.4 Å². The van der Waals surface area contributed by atoms with Crippen LogP contribution < -0.4 is 4.72 Å². The van der Waals surface area contributed by atoms with Crippen molar-refractivity contribution in [1.29, 1.82) is 0 Å². The minimum atomic E-state index is -3.15. The topological polar surface area (TPSA) is 104 Å². The second kappa shape index (κ2) is 11.4. The van der Waals surface area contributed by atoms with Crippen molar-refractivity contribution >= 4 is 38.9 Å². The SMILES string of the molecule is O=S(=O)(NCCN=C1CC=C(OCC2COC(Cn3ccnc3)(c3ccc(Cl)cc3Cl)O2)CC1)C1CC1. The predicted octanol–water partition coefficient (Wildman–Crippen LogP) is 4.07. The van der Waals surface area contributed by atoms with Gasteiger partial charge in [0.25, 0.3) is 0 Å². The van der Waals surface area contributed by atoms with Gasteiger partial charge in [0.05, 0.1) is 42.1 Å². The molecule has 0 amide bonds. The van der Waals surface area contributed by atoms with Crippen LogP contribution in [0.2, 0.25) is 10.0 Å². The fraction of sp³-hybridized carbons (Fsp3) is 0.520. The average molecular weight is 570 g/mol. The molecule has 1 aliphatic heterocycles. The molecule has 37 heavy (non-hydrogen) atoms. The van der Waals surface area contributed by atoms with Crippen LogP contribution in [0.5, 0.6) is 0 Å². The molecular formula is C25H30Cl2N4O5S. The second-order valence-electron chi connectivity index (χ2n) is 9.44. The summed E-state index contributed by atoms with van der Waals surface area (Å²) >= 11 is 12.6. The van der Waals surface area contributed by atoms with Gasteiger partial charge in [0.2, 0.25) is 15.8 Å². The molecule has 0 radical (unpaired) electrons. The van der Waals surface area contributed by atoms with Crippen LogP contribution in [0.4, 0.5) is 0 Å². The fourth-order valence-corrected chi connectivity index (χ4v) is 6.37. The van der Waals surface area contributed by atoms with Crippen LogP contribution in [0.3, 0.4) is 0 Å². The lowest BCUT2D eigenvalue weighted by atomic mass is 10.0. The number of allylic oxidation sites excluding steroid dienone is 2. The standard InChI is InChI=1S/C25H30Cl2N4O5S/c26-18-1-8-23(24(27)13-18)25(16-31-12-11-28-17-31)35-15-21(36-25)14-34-20-4-2-19(3-5-20)29-9-10-30-37(32,33)22-6-7-22/h1,4,8,11-13,17,21-22,30H,2-3,5-7,9-10,14-16H2. The van der Waals surface area contributed by atoms with Crippen LogP contribution in [0.15, 0.2) is 53.7 Å². The molecule has 0 bridgehead atoms. The minimum absolute atomic E-state index is 0.203. The Morgan fingerprint density at radius 1 is 1.27 bits per heavy atom. The van der Waals surface area contributed by atoms with Crippen LogP contribution in [0.1, 0.15) is 37.7 Å². The van der Waals surface area contributed by atoms with Crippen molar-refractivity contribution in [2.24, 2.45) is 4.99 Å². The molecule has 12 heteroatoms. The Bertz CT molecular complexity index is 1260. The van der Waals surface area contributed by atoms with Gasteiger partial charge < -0.3 is 18.8 Å². The lowest BCUT2D eigenvalue weighted by Crippen LogP contribution is -2.34. The highest BCUT2D eigenvalue weighted by molar-refractivity contribution is 7.90. The molecule has 200 valence electrons.